The van der Waals surface area contributed by atoms with Crippen molar-refractivity contribution in [1.82, 2.24) is 15.2 Å². The summed E-state index contributed by atoms with van der Waals surface area (Å²) in [6.07, 6.45) is 7.10. The topological polar surface area (TPSA) is 88.6 Å². The number of halogens is 1. The van der Waals surface area contributed by atoms with Crippen LogP contribution in [0.1, 0.15) is 54.4 Å². The Labute approximate surface area is 214 Å². The molecular weight excluding hydrogens is 486 g/mol. The number of nitrogens with one attached hydrogen (secondary N) is 1. The van der Waals surface area contributed by atoms with Crippen molar-refractivity contribution in [2.24, 2.45) is 5.92 Å². The number of thiophene rings is 1. The van der Waals surface area contributed by atoms with Gasteiger partial charge in [-0.1, -0.05) is 26.2 Å². The second-order valence-electron chi connectivity index (χ2n) is 9.60. The number of hydrogen-bond donors (Lipinski definition) is 1. The number of ketones is 1. The van der Waals surface area contributed by atoms with Crippen LogP contribution >= 0.6 is 22.9 Å². The van der Waals surface area contributed by atoms with E-state index in [1.807, 2.05) is 18.2 Å². The normalized spacial score (nSPS) is 25.5. The van der Waals surface area contributed by atoms with Crippen molar-refractivity contribution in [3.8, 4) is 10.4 Å². The number of likely N-dealkylation sites (tertiary alicyclic amines) is 1. The van der Waals surface area contributed by atoms with E-state index in [2.05, 4.69) is 17.2 Å². The second-order valence-corrected chi connectivity index (χ2v) is 11.2. The molecule has 2 aromatic heterocycles. The summed E-state index contributed by atoms with van der Waals surface area (Å²) >= 11 is 7.83. The molecule has 1 aliphatic carbocycles. The van der Waals surface area contributed by atoms with E-state index in [1.54, 1.807) is 17.2 Å². The van der Waals surface area contributed by atoms with Crippen molar-refractivity contribution in [3.05, 3.63) is 41.0 Å². The monoisotopic (exact) mass is 515 g/mol. The Morgan fingerprint density at radius 1 is 1.26 bits per heavy atom. The van der Waals surface area contributed by atoms with Crippen LogP contribution in [0.4, 0.5) is 0 Å². The highest BCUT2D eigenvalue weighted by atomic mass is 35.5. The summed E-state index contributed by atoms with van der Waals surface area (Å²) < 4.78 is 5.55. The number of alkyl halides is 1. The van der Waals surface area contributed by atoms with E-state index in [-0.39, 0.29) is 36.7 Å². The Morgan fingerprint density at radius 2 is 2.06 bits per heavy atom. The number of carbonyl (C=O) groups is 3. The van der Waals surface area contributed by atoms with Crippen LogP contribution in [-0.2, 0) is 20.7 Å². The first-order chi connectivity index (χ1) is 17.0. The SMILES string of the molecule is CCc1cc(-c2ccc(C(=O)N[C@H](C(=O)N3C[C@H](Cl)[C@H]4OCC(=O)[C@H]43)C3CCCCC3)s2)ccn1. The van der Waals surface area contributed by atoms with Gasteiger partial charge in [0.2, 0.25) is 5.91 Å². The van der Waals surface area contributed by atoms with Gasteiger partial charge in [-0.15, -0.1) is 22.9 Å². The van der Waals surface area contributed by atoms with E-state index >= 15 is 0 Å². The minimum Gasteiger partial charge on any atom is -0.366 e. The molecule has 0 spiro atoms. The summed E-state index contributed by atoms with van der Waals surface area (Å²) in [5, 5.41) is 2.62. The van der Waals surface area contributed by atoms with Gasteiger partial charge in [0.25, 0.3) is 5.91 Å². The molecule has 1 N–H and O–H groups in total. The zero-order valence-corrected chi connectivity index (χ0v) is 21.3. The van der Waals surface area contributed by atoms with Crippen molar-refractivity contribution < 1.29 is 19.1 Å². The lowest BCUT2D eigenvalue weighted by Gasteiger charge is -2.34. The Morgan fingerprint density at radius 3 is 2.83 bits per heavy atom. The number of pyridine rings is 1. The molecule has 2 aromatic rings. The highest BCUT2D eigenvalue weighted by molar-refractivity contribution is 7.17. The largest absolute Gasteiger partial charge is 0.366 e. The Balaban J connectivity index is 1.36. The van der Waals surface area contributed by atoms with Gasteiger partial charge in [0, 0.05) is 23.3 Å². The fourth-order valence-electron chi connectivity index (χ4n) is 5.50. The quantitative estimate of drug-likeness (QED) is 0.590. The van der Waals surface area contributed by atoms with Crippen molar-refractivity contribution in [2.45, 2.75) is 69.0 Å². The molecule has 0 unspecified atom stereocenters. The molecule has 2 aliphatic heterocycles. The Hall–Kier alpha value is -2.29. The molecule has 2 saturated heterocycles. The number of rotatable bonds is 6. The maximum Gasteiger partial charge on any atom is 0.262 e. The van der Waals surface area contributed by atoms with Crippen LogP contribution in [0.5, 0.6) is 0 Å². The van der Waals surface area contributed by atoms with Crippen molar-refractivity contribution in [1.29, 1.82) is 0 Å². The summed E-state index contributed by atoms with van der Waals surface area (Å²) in [5.41, 5.74) is 2.02. The molecule has 4 heterocycles. The fourth-order valence-corrected chi connectivity index (χ4v) is 6.77. The van der Waals surface area contributed by atoms with Gasteiger partial charge in [-0.25, -0.2) is 0 Å². The molecule has 7 nitrogen and oxygen atoms in total. The van der Waals surface area contributed by atoms with E-state index in [1.165, 1.54) is 11.3 Å². The third kappa shape index (κ3) is 4.88. The van der Waals surface area contributed by atoms with Crippen LogP contribution in [0.3, 0.4) is 0 Å². The minimum absolute atomic E-state index is 0.0183. The van der Waals surface area contributed by atoms with Gasteiger partial charge in [-0.3, -0.25) is 19.4 Å². The molecule has 0 aromatic carbocycles. The molecule has 3 aliphatic rings. The van der Waals surface area contributed by atoms with Gasteiger partial charge in [-0.2, -0.15) is 0 Å². The maximum atomic E-state index is 13.8. The maximum absolute atomic E-state index is 13.8. The van der Waals surface area contributed by atoms with E-state index in [9.17, 15) is 14.4 Å². The molecule has 0 radical (unpaired) electrons. The molecular formula is C26H30ClN3O4S. The van der Waals surface area contributed by atoms with E-state index < -0.39 is 23.6 Å². The van der Waals surface area contributed by atoms with Gasteiger partial charge in [0.05, 0.1) is 10.3 Å². The highest BCUT2D eigenvalue weighted by Crippen LogP contribution is 2.34. The first kappa shape index (κ1) is 24.4. The average Bonchev–Trinajstić information content (AvgIpc) is 3.61. The summed E-state index contributed by atoms with van der Waals surface area (Å²) in [5.74, 6) is -0.563. The molecule has 5 rings (SSSR count). The van der Waals surface area contributed by atoms with Crippen LogP contribution in [0.2, 0.25) is 0 Å². The summed E-state index contributed by atoms with van der Waals surface area (Å²) in [6.45, 7) is 2.29. The number of ether oxygens (including phenoxy) is 1. The average molecular weight is 516 g/mol. The number of fused-ring (bicyclic) bond motifs is 1. The first-order valence-corrected chi connectivity index (χ1v) is 13.7. The smallest absolute Gasteiger partial charge is 0.262 e. The number of hydrogen-bond acceptors (Lipinski definition) is 6. The third-order valence-electron chi connectivity index (χ3n) is 7.37. The van der Waals surface area contributed by atoms with Crippen LogP contribution in [0, 0.1) is 5.92 Å². The number of nitrogens with zero attached hydrogens (tertiary/aromatic N) is 2. The van der Waals surface area contributed by atoms with Crippen molar-refractivity contribution >= 4 is 40.5 Å². The van der Waals surface area contributed by atoms with Crippen molar-refractivity contribution in [3.63, 3.8) is 0 Å². The molecule has 35 heavy (non-hydrogen) atoms. The predicted octanol–water partition coefficient (Wildman–Crippen LogP) is 3.84. The molecule has 3 fully saturated rings. The predicted molar refractivity (Wildman–Crippen MR) is 135 cm³/mol. The standard InChI is InChI=1S/C26H30ClN3O4S/c1-2-17-12-16(10-11-28-17)20-8-9-21(35-20)25(32)29-22(15-6-4-3-5-7-15)26(33)30-13-18(27)24-23(30)19(31)14-34-24/h8-12,15,18,22-24H,2-7,13-14H2,1H3,(H,29,32)/t18-,22-,23+,24+/m0/s1. The first-order valence-electron chi connectivity index (χ1n) is 12.4. The molecule has 1 saturated carbocycles. The summed E-state index contributed by atoms with van der Waals surface area (Å²) in [4.78, 5) is 47.0. The lowest BCUT2D eigenvalue weighted by Crippen LogP contribution is -2.55. The summed E-state index contributed by atoms with van der Waals surface area (Å²) in [6, 6.07) is 6.38. The molecule has 0 bridgehead atoms. The van der Waals surface area contributed by atoms with Crippen LogP contribution in [-0.4, -0.2) is 64.2 Å². The van der Waals surface area contributed by atoms with Crippen LogP contribution in [0.15, 0.2) is 30.5 Å². The van der Waals surface area contributed by atoms with Crippen LogP contribution in [0.25, 0.3) is 10.4 Å². The van der Waals surface area contributed by atoms with E-state index in [4.69, 9.17) is 16.3 Å². The number of aryl methyl sites for hydroxylation is 1. The number of aromatic nitrogens is 1. The second kappa shape index (κ2) is 10.4. The van der Waals surface area contributed by atoms with Gasteiger partial charge in [0.15, 0.2) is 5.78 Å². The zero-order chi connectivity index (χ0) is 24.5. The van der Waals surface area contributed by atoms with Crippen LogP contribution < -0.4 is 5.32 Å². The Kier molecular flexibility index (Phi) is 7.23. The van der Waals surface area contributed by atoms with Gasteiger partial charge < -0.3 is 15.0 Å². The third-order valence-corrected chi connectivity index (χ3v) is 8.89. The molecule has 2 amide bonds. The van der Waals surface area contributed by atoms with E-state index in [0.717, 1.165) is 54.7 Å². The minimum atomic E-state index is -0.683. The molecule has 9 heteroatoms. The Bertz CT molecular complexity index is 1120. The lowest BCUT2D eigenvalue weighted by molar-refractivity contribution is -0.139. The van der Waals surface area contributed by atoms with E-state index in [0.29, 0.717) is 4.88 Å². The number of carbonyl (C=O) groups excluding carboxylic acids is 3. The molecule has 186 valence electrons. The van der Waals surface area contributed by atoms with Gasteiger partial charge in [0.1, 0.15) is 24.8 Å². The van der Waals surface area contributed by atoms with Gasteiger partial charge in [-0.05, 0) is 55.0 Å². The van der Waals surface area contributed by atoms with Crippen molar-refractivity contribution in [2.75, 3.05) is 13.2 Å². The highest BCUT2D eigenvalue weighted by Gasteiger charge is 2.53. The molecule has 4 atom stereocenters. The number of Topliss-reactive ketones (excluding diaryl/α,β-unsaturated/α-hetero) is 1. The zero-order valence-electron chi connectivity index (χ0n) is 19.7. The lowest BCUT2D eigenvalue weighted by atomic mass is 9.83. The number of amides is 2. The van der Waals surface area contributed by atoms with Gasteiger partial charge >= 0.3 is 0 Å². The summed E-state index contributed by atoms with van der Waals surface area (Å²) in [7, 11) is 0. The fraction of sp³-hybridized carbons (Fsp3) is 0.538.